The predicted octanol–water partition coefficient (Wildman–Crippen LogP) is 1.69. The van der Waals surface area contributed by atoms with Crippen LogP contribution in [0.25, 0.3) is 0 Å². The Balaban J connectivity index is 2.47. The summed E-state index contributed by atoms with van der Waals surface area (Å²) < 4.78 is 5.15. The van der Waals surface area contributed by atoms with Crippen molar-refractivity contribution in [1.82, 2.24) is 0 Å². The van der Waals surface area contributed by atoms with Crippen molar-refractivity contribution < 1.29 is 14.6 Å². The molecule has 1 aromatic heterocycles. The number of aromatic carboxylic acids is 1. The summed E-state index contributed by atoms with van der Waals surface area (Å²) in [5.41, 5.74) is 5.27. The van der Waals surface area contributed by atoms with E-state index in [4.69, 9.17) is 15.6 Å². The minimum absolute atomic E-state index is 0.271. The molecule has 4 nitrogen and oxygen atoms in total. The van der Waals surface area contributed by atoms with Gasteiger partial charge in [0.15, 0.2) is 0 Å². The molecule has 0 fully saturated rings. The Bertz CT molecular complexity index is 333. The summed E-state index contributed by atoms with van der Waals surface area (Å²) in [5, 5.41) is 10.3. The van der Waals surface area contributed by atoms with Crippen molar-refractivity contribution >= 4 is 17.3 Å². The van der Waals surface area contributed by atoms with E-state index in [1.165, 1.54) is 12.3 Å². The van der Waals surface area contributed by atoms with E-state index in [1.54, 1.807) is 11.5 Å². The van der Waals surface area contributed by atoms with Crippen LogP contribution in [0, 0.1) is 0 Å². The average Bonchev–Trinajstić information content (AvgIpc) is 2.61. The Hall–Kier alpha value is -1.33. The molecule has 1 heterocycles. The first-order valence-electron chi connectivity index (χ1n) is 4.07. The summed E-state index contributed by atoms with van der Waals surface area (Å²) in [6.45, 7) is 0.573. The Morgan fingerprint density at radius 3 is 3.07 bits per heavy atom. The number of hydrogen-bond acceptors (Lipinski definition) is 4. The highest BCUT2D eigenvalue weighted by atomic mass is 32.1. The molecule has 1 rings (SSSR count). The minimum Gasteiger partial charge on any atom is -0.477 e. The van der Waals surface area contributed by atoms with Crippen LogP contribution in [-0.2, 0) is 0 Å². The molecule has 0 aliphatic rings. The van der Waals surface area contributed by atoms with E-state index in [0.717, 1.165) is 17.8 Å². The molecule has 0 aliphatic carbocycles. The lowest BCUT2D eigenvalue weighted by molar-refractivity contribution is 0.0702. The number of carboxylic acid groups (broad SMARTS) is 1. The van der Waals surface area contributed by atoms with Gasteiger partial charge in [-0.3, -0.25) is 0 Å². The van der Waals surface area contributed by atoms with Gasteiger partial charge in [0, 0.05) is 11.4 Å². The summed E-state index contributed by atoms with van der Waals surface area (Å²) in [6, 6.07) is 1.49. The maximum atomic E-state index is 10.5. The standard InChI is InChI=1S/C9H11NO3S/c10-3-1-2-4-13-7-5-8(9(11)12)14-6-7/h2,4-6H,1,3,10H2,(H,11,12)/b4-2-. The minimum atomic E-state index is -0.934. The van der Waals surface area contributed by atoms with Gasteiger partial charge in [0.05, 0.1) is 6.26 Å². The molecule has 3 N–H and O–H groups in total. The molecule has 5 heteroatoms. The molecule has 0 spiro atoms. The van der Waals surface area contributed by atoms with Gasteiger partial charge in [-0.2, -0.15) is 0 Å². The van der Waals surface area contributed by atoms with Gasteiger partial charge in [0.25, 0.3) is 0 Å². The van der Waals surface area contributed by atoms with Gasteiger partial charge in [-0.1, -0.05) is 0 Å². The molecule has 0 aromatic carbocycles. The maximum absolute atomic E-state index is 10.5. The van der Waals surface area contributed by atoms with Crippen LogP contribution in [0.1, 0.15) is 16.1 Å². The monoisotopic (exact) mass is 213 g/mol. The topological polar surface area (TPSA) is 72.5 Å². The highest BCUT2D eigenvalue weighted by molar-refractivity contribution is 7.12. The Labute approximate surface area is 85.6 Å². The van der Waals surface area contributed by atoms with E-state index in [-0.39, 0.29) is 4.88 Å². The van der Waals surface area contributed by atoms with Gasteiger partial charge in [-0.15, -0.1) is 11.3 Å². The maximum Gasteiger partial charge on any atom is 0.346 e. The molecule has 0 radical (unpaired) electrons. The van der Waals surface area contributed by atoms with Crippen molar-refractivity contribution in [2.24, 2.45) is 5.73 Å². The Kier molecular flexibility index (Phi) is 4.15. The summed E-state index contributed by atoms with van der Waals surface area (Å²) in [5.74, 6) is -0.392. The van der Waals surface area contributed by atoms with Crippen LogP contribution >= 0.6 is 11.3 Å². The van der Waals surface area contributed by atoms with Gasteiger partial charge < -0.3 is 15.6 Å². The third kappa shape index (κ3) is 3.20. The molecule has 0 amide bonds. The number of hydrogen-bond donors (Lipinski definition) is 2. The summed E-state index contributed by atoms with van der Waals surface area (Å²) in [7, 11) is 0. The third-order valence-electron chi connectivity index (χ3n) is 1.42. The van der Waals surface area contributed by atoms with Crippen molar-refractivity contribution in [2.75, 3.05) is 6.54 Å². The van der Waals surface area contributed by atoms with Crippen molar-refractivity contribution in [3.05, 3.63) is 28.7 Å². The van der Waals surface area contributed by atoms with E-state index >= 15 is 0 Å². The normalized spacial score (nSPS) is 10.6. The van der Waals surface area contributed by atoms with Crippen LogP contribution in [0.15, 0.2) is 23.8 Å². The predicted molar refractivity (Wildman–Crippen MR) is 54.7 cm³/mol. The molecular formula is C9H11NO3S. The van der Waals surface area contributed by atoms with Gasteiger partial charge in [-0.05, 0) is 19.0 Å². The quantitative estimate of drug-likeness (QED) is 0.730. The fourth-order valence-corrected chi connectivity index (χ4v) is 1.44. The van der Waals surface area contributed by atoms with E-state index in [0.29, 0.717) is 12.3 Å². The highest BCUT2D eigenvalue weighted by Crippen LogP contribution is 2.21. The third-order valence-corrected chi connectivity index (χ3v) is 2.32. The second-order valence-electron chi connectivity index (χ2n) is 2.52. The first-order chi connectivity index (χ1) is 6.74. The second-order valence-corrected chi connectivity index (χ2v) is 3.43. The van der Waals surface area contributed by atoms with Crippen LogP contribution in [0.2, 0.25) is 0 Å². The molecular weight excluding hydrogens is 202 g/mol. The highest BCUT2D eigenvalue weighted by Gasteiger charge is 2.06. The average molecular weight is 213 g/mol. The molecule has 0 saturated carbocycles. The van der Waals surface area contributed by atoms with E-state index in [9.17, 15) is 4.79 Å². The van der Waals surface area contributed by atoms with Crippen molar-refractivity contribution in [3.8, 4) is 5.75 Å². The fourth-order valence-electron chi connectivity index (χ4n) is 0.784. The van der Waals surface area contributed by atoms with Crippen LogP contribution < -0.4 is 10.5 Å². The summed E-state index contributed by atoms with van der Waals surface area (Å²) >= 11 is 1.14. The summed E-state index contributed by atoms with van der Waals surface area (Å²) in [6.07, 6.45) is 4.05. The van der Waals surface area contributed by atoms with Crippen LogP contribution in [0.3, 0.4) is 0 Å². The Morgan fingerprint density at radius 1 is 1.71 bits per heavy atom. The zero-order valence-corrected chi connectivity index (χ0v) is 8.29. The smallest absolute Gasteiger partial charge is 0.346 e. The molecule has 1 aromatic rings. The van der Waals surface area contributed by atoms with E-state index in [2.05, 4.69) is 0 Å². The van der Waals surface area contributed by atoms with Crippen LogP contribution in [0.5, 0.6) is 5.75 Å². The number of thiophene rings is 1. The van der Waals surface area contributed by atoms with Crippen molar-refractivity contribution in [2.45, 2.75) is 6.42 Å². The lowest BCUT2D eigenvalue weighted by Crippen LogP contribution is -1.95. The first-order valence-corrected chi connectivity index (χ1v) is 4.95. The molecule has 0 saturated heterocycles. The Morgan fingerprint density at radius 2 is 2.50 bits per heavy atom. The van der Waals surface area contributed by atoms with Crippen LogP contribution in [-0.4, -0.2) is 17.6 Å². The zero-order chi connectivity index (χ0) is 10.4. The van der Waals surface area contributed by atoms with Gasteiger partial charge in [0.2, 0.25) is 0 Å². The zero-order valence-electron chi connectivity index (χ0n) is 7.47. The second kappa shape index (κ2) is 5.41. The van der Waals surface area contributed by atoms with Gasteiger partial charge in [0.1, 0.15) is 10.6 Å². The molecule has 0 bridgehead atoms. The number of carboxylic acids is 1. The largest absolute Gasteiger partial charge is 0.477 e. The van der Waals surface area contributed by atoms with Gasteiger partial charge in [-0.25, -0.2) is 4.79 Å². The molecule has 0 unspecified atom stereocenters. The lowest BCUT2D eigenvalue weighted by atomic mass is 10.4. The summed E-state index contributed by atoms with van der Waals surface area (Å²) in [4.78, 5) is 10.8. The van der Waals surface area contributed by atoms with Crippen LogP contribution in [0.4, 0.5) is 0 Å². The molecule has 14 heavy (non-hydrogen) atoms. The van der Waals surface area contributed by atoms with Crippen molar-refractivity contribution in [1.29, 1.82) is 0 Å². The van der Waals surface area contributed by atoms with Crippen molar-refractivity contribution in [3.63, 3.8) is 0 Å². The lowest BCUT2D eigenvalue weighted by Gasteiger charge is -1.93. The first kappa shape index (κ1) is 10.7. The molecule has 0 aliphatic heterocycles. The number of carbonyl (C=O) groups is 1. The fraction of sp³-hybridized carbons (Fsp3) is 0.222. The number of nitrogens with two attached hydrogens (primary N) is 1. The van der Waals surface area contributed by atoms with E-state index < -0.39 is 5.97 Å². The molecule has 0 atom stereocenters. The molecule has 76 valence electrons. The number of rotatable bonds is 5. The number of ether oxygens (including phenoxy) is 1. The van der Waals surface area contributed by atoms with Gasteiger partial charge >= 0.3 is 5.97 Å². The van der Waals surface area contributed by atoms with E-state index in [1.807, 2.05) is 0 Å². The SMILES string of the molecule is NCC/C=C\Oc1csc(C(=O)O)c1.